The zero-order valence-electron chi connectivity index (χ0n) is 26.4. The molecule has 0 fully saturated rings. The summed E-state index contributed by atoms with van der Waals surface area (Å²) in [7, 11) is 0. The second kappa shape index (κ2) is 17.7. The van der Waals surface area contributed by atoms with Gasteiger partial charge in [-0.2, -0.15) is 4.98 Å². The number of carbonyl (C=O) groups excluding carboxylic acids is 3. The molecule has 0 aliphatic carbocycles. The highest BCUT2D eigenvalue weighted by Crippen LogP contribution is 2.20. The number of nitrogens with two attached hydrogens (primary N) is 1. The van der Waals surface area contributed by atoms with Gasteiger partial charge in [0.15, 0.2) is 5.82 Å². The van der Waals surface area contributed by atoms with E-state index < -0.39 is 104 Å². The summed E-state index contributed by atoms with van der Waals surface area (Å²) in [5.74, 6) is -7.89. The van der Waals surface area contributed by atoms with Crippen molar-refractivity contribution in [2.24, 2.45) is 0 Å². The molecule has 2 aromatic rings. The zero-order chi connectivity index (χ0) is 37.0. The van der Waals surface area contributed by atoms with Gasteiger partial charge in [-0.1, -0.05) is 0 Å². The lowest BCUT2D eigenvalue weighted by Crippen LogP contribution is -2.45. The molecule has 0 saturated carbocycles. The summed E-state index contributed by atoms with van der Waals surface area (Å²) < 4.78 is 0. The van der Waals surface area contributed by atoms with Crippen LogP contribution < -0.4 is 43.2 Å². The van der Waals surface area contributed by atoms with Crippen molar-refractivity contribution in [3.8, 4) is 0 Å². The number of benzene rings is 1. The zero-order valence-corrected chi connectivity index (χ0v) is 26.4. The first-order valence-corrected chi connectivity index (χ1v) is 15.2. The molecule has 0 unspecified atom stereocenters. The predicted octanol–water partition coefficient (Wildman–Crippen LogP) is -1.58. The maximum absolute atomic E-state index is 12.8. The van der Waals surface area contributed by atoms with Gasteiger partial charge in [0.25, 0.3) is 11.5 Å². The SMILES string of the molecule is Nc1nc2c(c(=O)[nH]1)N[C@@H](CNc1ccc(C(=O)N[C@@H](CCC(=O)N[C@@H](CCC(=O)N[C@@H](CCC(=O)O)C(=O)O)C(=O)O)C(=O)O)cc1)CN2. The lowest BCUT2D eigenvalue weighted by molar-refractivity contribution is -0.144. The summed E-state index contributed by atoms with van der Waals surface area (Å²) in [5.41, 5.74) is 6.12. The minimum atomic E-state index is -1.58. The van der Waals surface area contributed by atoms with Crippen LogP contribution in [0.3, 0.4) is 0 Å². The number of anilines is 4. The average molecular weight is 704 g/mol. The number of rotatable bonds is 19. The Morgan fingerprint density at radius 1 is 0.800 bits per heavy atom. The second-order valence-electron chi connectivity index (χ2n) is 11.1. The molecule has 1 aromatic carbocycles. The number of H-pyrrole nitrogens is 1. The lowest BCUT2D eigenvalue weighted by Gasteiger charge is -2.27. The van der Waals surface area contributed by atoms with Crippen LogP contribution in [0.1, 0.15) is 48.9 Å². The van der Waals surface area contributed by atoms with Gasteiger partial charge in [-0.3, -0.25) is 29.0 Å². The van der Waals surface area contributed by atoms with E-state index in [-0.39, 0.29) is 23.2 Å². The fourth-order valence-corrected chi connectivity index (χ4v) is 4.70. The summed E-state index contributed by atoms with van der Waals surface area (Å²) in [6.07, 6.45) is -2.80. The van der Waals surface area contributed by atoms with Crippen LogP contribution >= 0.6 is 0 Å². The quantitative estimate of drug-likeness (QED) is 0.0785. The van der Waals surface area contributed by atoms with E-state index >= 15 is 0 Å². The fraction of sp³-hybridized carbons (Fsp3) is 0.414. The molecule has 0 spiro atoms. The van der Waals surface area contributed by atoms with Gasteiger partial charge in [0.05, 0.1) is 6.04 Å². The summed E-state index contributed by atoms with van der Waals surface area (Å²) in [5, 5.41) is 52.7. The number of hydrogen-bond donors (Lipinski definition) is 12. The first kappa shape index (κ1) is 38.0. The summed E-state index contributed by atoms with van der Waals surface area (Å²) >= 11 is 0. The van der Waals surface area contributed by atoms with Crippen LogP contribution in [0.15, 0.2) is 29.1 Å². The monoisotopic (exact) mass is 703 g/mol. The lowest BCUT2D eigenvalue weighted by atomic mass is 10.1. The van der Waals surface area contributed by atoms with Crippen LogP contribution in [-0.4, -0.2) is 109 Å². The number of carbonyl (C=O) groups is 7. The first-order valence-electron chi connectivity index (χ1n) is 15.2. The van der Waals surface area contributed by atoms with E-state index in [9.17, 15) is 48.6 Å². The maximum atomic E-state index is 12.8. The summed E-state index contributed by atoms with van der Waals surface area (Å²) in [4.78, 5) is 101. The van der Waals surface area contributed by atoms with E-state index in [4.69, 9.17) is 15.9 Å². The van der Waals surface area contributed by atoms with E-state index in [0.717, 1.165) is 0 Å². The van der Waals surface area contributed by atoms with Crippen molar-refractivity contribution >= 4 is 64.7 Å². The Hall–Kier alpha value is -6.41. The smallest absolute Gasteiger partial charge is 0.326 e. The molecule has 270 valence electrons. The predicted molar refractivity (Wildman–Crippen MR) is 173 cm³/mol. The average Bonchev–Trinajstić information content (AvgIpc) is 3.05. The molecule has 13 N–H and O–H groups in total. The number of aromatic nitrogens is 2. The number of carboxylic acid groups (broad SMARTS) is 4. The molecule has 0 saturated heterocycles. The molecule has 3 rings (SSSR count). The number of carboxylic acids is 4. The van der Waals surface area contributed by atoms with Gasteiger partial charge in [0.2, 0.25) is 17.8 Å². The number of nitrogen functional groups attached to an aromatic ring is 1. The fourth-order valence-electron chi connectivity index (χ4n) is 4.70. The first-order chi connectivity index (χ1) is 23.6. The van der Waals surface area contributed by atoms with E-state index in [1.54, 1.807) is 12.1 Å². The highest BCUT2D eigenvalue weighted by molar-refractivity contribution is 5.97. The van der Waals surface area contributed by atoms with E-state index in [0.29, 0.717) is 24.6 Å². The highest BCUT2D eigenvalue weighted by Gasteiger charge is 2.27. The third-order valence-electron chi connectivity index (χ3n) is 7.34. The number of hydrogen-bond acceptors (Lipinski definition) is 13. The van der Waals surface area contributed by atoms with Crippen molar-refractivity contribution in [3.05, 3.63) is 40.2 Å². The number of nitrogens with one attached hydrogen (secondary N) is 7. The molecule has 0 radical (unpaired) electrons. The minimum Gasteiger partial charge on any atom is -0.481 e. The van der Waals surface area contributed by atoms with Gasteiger partial charge >= 0.3 is 23.9 Å². The third kappa shape index (κ3) is 11.7. The Morgan fingerprint density at radius 2 is 1.32 bits per heavy atom. The largest absolute Gasteiger partial charge is 0.481 e. The molecule has 50 heavy (non-hydrogen) atoms. The number of fused-ring (bicyclic) bond motifs is 1. The normalized spacial score (nSPS) is 15.0. The number of amides is 3. The second-order valence-corrected chi connectivity index (χ2v) is 11.1. The van der Waals surface area contributed by atoms with E-state index in [1.165, 1.54) is 12.1 Å². The molecule has 1 aliphatic rings. The van der Waals surface area contributed by atoms with Gasteiger partial charge in [0.1, 0.15) is 23.8 Å². The summed E-state index contributed by atoms with van der Waals surface area (Å²) in [6.45, 7) is 0.812. The highest BCUT2D eigenvalue weighted by atomic mass is 16.4. The van der Waals surface area contributed by atoms with Gasteiger partial charge in [0, 0.05) is 43.6 Å². The minimum absolute atomic E-state index is 0.0151. The van der Waals surface area contributed by atoms with Crippen LogP contribution in [0.5, 0.6) is 0 Å². The molecule has 4 atom stereocenters. The Morgan fingerprint density at radius 3 is 1.84 bits per heavy atom. The van der Waals surface area contributed by atoms with Crippen LogP contribution in [0.4, 0.5) is 23.1 Å². The van der Waals surface area contributed by atoms with Crippen LogP contribution in [0, 0.1) is 0 Å². The Labute approximate surface area is 282 Å². The van der Waals surface area contributed by atoms with Crippen molar-refractivity contribution < 1.29 is 54.0 Å². The number of nitrogens with zero attached hydrogens (tertiary/aromatic N) is 1. The molecular formula is C29H37N9O12. The van der Waals surface area contributed by atoms with Gasteiger partial charge < -0.3 is 58.1 Å². The standard InChI is InChI=1S/C29H37N9O12/c30-29-37-23-22(25(44)38-29)33-15(12-32-23)11-31-14-3-1-13(2-4-14)24(43)36-18(28(49)50)6-9-20(40)34-16(26(45)46)5-8-19(39)35-17(27(47)48)7-10-21(41)42/h1-4,15-18,31,33H,5-12H2,(H,34,40)(H,35,39)(H,36,43)(H,41,42)(H,45,46)(H,47,48)(H,49,50)(H4,30,32,37,38,44)/t15-,16-,17-,18-/m0/s1. The summed E-state index contributed by atoms with van der Waals surface area (Å²) in [6, 6.07) is 1.25. The molecule has 1 aliphatic heterocycles. The van der Waals surface area contributed by atoms with Crippen LogP contribution in [0.25, 0.3) is 0 Å². The van der Waals surface area contributed by atoms with Crippen molar-refractivity contribution in [3.63, 3.8) is 0 Å². The van der Waals surface area contributed by atoms with Gasteiger partial charge in [-0.25, -0.2) is 14.4 Å². The van der Waals surface area contributed by atoms with Crippen LogP contribution in [-0.2, 0) is 28.8 Å². The number of aliphatic carboxylic acids is 4. The van der Waals surface area contributed by atoms with Crippen LogP contribution in [0.2, 0.25) is 0 Å². The molecular weight excluding hydrogens is 666 g/mol. The van der Waals surface area contributed by atoms with Gasteiger partial charge in [-0.15, -0.1) is 0 Å². The molecule has 1 aromatic heterocycles. The third-order valence-corrected chi connectivity index (χ3v) is 7.34. The Balaban J connectivity index is 1.46. The number of aromatic amines is 1. The Bertz CT molecular complexity index is 1660. The van der Waals surface area contributed by atoms with E-state index in [2.05, 4.69) is 41.9 Å². The molecule has 3 amide bonds. The maximum Gasteiger partial charge on any atom is 0.326 e. The Kier molecular flexibility index (Phi) is 13.4. The molecule has 2 heterocycles. The van der Waals surface area contributed by atoms with Crippen molar-refractivity contribution in [1.29, 1.82) is 0 Å². The molecule has 21 heteroatoms. The van der Waals surface area contributed by atoms with Crippen molar-refractivity contribution in [2.45, 2.75) is 62.7 Å². The topological polar surface area (TPSA) is 344 Å². The van der Waals surface area contributed by atoms with Crippen molar-refractivity contribution in [1.82, 2.24) is 25.9 Å². The van der Waals surface area contributed by atoms with Crippen molar-refractivity contribution in [2.75, 3.05) is 34.8 Å². The molecule has 0 bridgehead atoms. The molecule has 21 nitrogen and oxygen atoms in total. The van der Waals surface area contributed by atoms with Gasteiger partial charge in [-0.05, 0) is 43.5 Å². The van der Waals surface area contributed by atoms with E-state index in [1.807, 2.05) is 0 Å².